The molecule has 1 N–H and O–H groups in total. The van der Waals surface area contributed by atoms with Gasteiger partial charge in [0, 0.05) is 11.5 Å². The third-order valence-corrected chi connectivity index (χ3v) is 6.36. The zero-order chi connectivity index (χ0) is 22.0. The van der Waals surface area contributed by atoms with Crippen LogP contribution in [0.15, 0.2) is 40.9 Å². The molecule has 1 aliphatic rings. The highest BCUT2D eigenvalue weighted by atomic mass is 35.5. The Hall–Kier alpha value is -2.12. The molecule has 6 nitrogen and oxygen atoms in total. The first-order chi connectivity index (χ1) is 14.9. The normalized spacial score (nSPS) is 15.2. The maximum absolute atomic E-state index is 12.7. The maximum atomic E-state index is 12.7. The second-order valence-corrected chi connectivity index (χ2v) is 8.89. The molecule has 3 aromatic rings. The highest BCUT2D eigenvalue weighted by molar-refractivity contribution is 6.44. The quantitative estimate of drug-likeness (QED) is 0.464. The van der Waals surface area contributed by atoms with Gasteiger partial charge in [-0.25, -0.2) is 0 Å². The lowest BCUT2D eigenvalue weighted by Crippen LogP contribution is -2.37. The molecule has 4 rings (SSSR count). The number of hydrogen-bond donors (Lipinski definition) is 1. The van der Waals surface area contributed by atoms with Gasteiger partial charge in [0.25, 0.3) is 0 Å². The molecule has 162 valence electrons. The molecular formula is C22H21Cl3N4O2. The second-order valence-electron chi connectivity index (χ2n) is 7.67. The molecule has 0 aliphatic carbocycles. The van der Waals surface area contributed by atoms with Gasteiger partial charge in [0.05, 0.1) is 27.3 Å². The number of hydrogen-bond acceptors (Lipinski definition) is 5. The number of benzene rings is 2. The lowest BCUT2D eigenvalue weighted by Gasteiger charge is -2.30. The van der Waals surface area contributed by atoms with E-state index in [2.05, 4.69) is 20.4 Å². The molecule has 1 amide bonds. The Morgan fingerprint density at radius 3 is 2.61 bits per heavy atom. The number of nitrogens with one attached hydrogen (secondary N) is 1. The van der Waals surface area contributed by atoms with Crippen LogP contribution in [0.3, 0.4) is 0 Å². The Balaban J connectivity index is 1.31. The zero-order valence-corrected chi connectivity index (χ0v) is 19.1. The molecule has 0 bridgehead atoms. The first-order valence-electron chi connectivity index (χ1n) is 9.96. The van der Waals surface area contributed by atoms with Crippen molar-refractivity contribution in [1.29, 1.82) is 0 Å². The third-order valence-electron chi connectivity index (χ3n) is 5.33. The Bertz CT molecular complexity index is 1090. The van der Waals surface area contributed by atoms with E-state index in [0.717, 1.165) is 37.1 Å². The van der Waals surface area contributed by atoms with E-state index < -0.39 is 0 Å². The van der Waals surface area contributed by atoms with Gasteiger partial charge in [0.2, 0.25) is 17.6 Å². The van der Waals surface area contributed by atoms with E-state index in [1.807, 2.05) is 31.2 Å². The summed E-state index contributed by atoms with van der Waals surface area (Å²) in [6.07, 6.45) is 1.45. The molecule has 0 saturated carbocycles. The maximum Gasteiger partial charge on any atom is 0.241 e. The molecule has 1 saturated heterocycles. The number of anilines is 1. The summed E-state index contributed by atoms with van der Waals surface area (Å²) in [6, 6.07) is 11.1. The van der Waals surface area contributed by atoms with Crippen molar-refractivity contribution < 1.29 is 9.32 Å². The number of rotatable bonds is 5. The average molecular weight is 480 g/mol. The lowest BCUT2D eigenvalue weighted by molar-refractivity contribution is -0.121. The van der Waals surface area contributed by atoms with Gasteiger partial charge in [-0.2, -0.15) is 4.98 Å². The van der Waals surface area contributed by atoms with Crippen molar-refractivity contribution in [2.75, 3.05) is 18.4 Å². The van der Waals surface area contributed by atoms with Gasteiger partial charge >= 0.3 is 0 Å². The second kappa shape index (κ2) is 9.57. The molecule has 0 atom stereocenters. The standard InChI is InChI=1S/C22H21Cl3N4O2/c1-13-3-2-4-15(9-13)21-27-20(31-28-21)12-29-7-5-14(6-8-29)22(30)26-19-11-17(24)16(23)10-18(19)25/h2-4,9-11,14H,5-8,12H2,1H3,(H,26,30). The molecule has 2 aromatic carbocycles. The zero-order valence-electron chi connectivity index (χ0n) is 16.9. The minimum atomic E-state index is -0.104. The summed E-state index contributed by atoms with van der Waals surface area (Å²) in [5.74, 6) is 0.986. The van der Waals surface area contributed by atoms with Crippen LogP contribution in [0.5, 0.6) is 0 Å². The molecule has 1 aromatic heterocycles. The molecule has 1 aliphatic heterocycles. The van der Waals surface area contributed by atoms with Gasteiger partial charge in [0.1, 0.15) is 0 Å². The highest BCUT2D eigenvalue weighted by Crippen LogP contribution is 2.33. The summed E-state index contributed by atoms with van der Waals surface area (Å²) in [4.78, 5) is 19.4. The van der Waals surface area contributed by atoms with Crippen molar-refractivity contribution in [3.05, 3.63) is 62.9 Å². The Morgan fingerprint density at radius 1 is 1.13 bits per heavy atom. The summed E-state index contributed by atoms with van der Waals surface area (Å²) < 4.78 is 5.43. The van der Waals surface area contributed by atoms with E-state index >= 15 is 0 Å². The largest absolute Gasteiger partial charge is 0.338 e. The van der Waals surface area contributed by atoms with Crippen LogP contribution in [0.1, 0.15) is 24.3 Å². The Kier molecular flexibility index (Phi) is 6.82. The van der Waals surface area contributed by atoms with Gasteiger partial charge in [-0.1, -0.05) is 63.7 Å². The van der Waals surface area contributed by atoms with E-state index in [-0.39, 0.29) is 11.8 Å². The van der Waals surface area contributed by atoms with Crippen LogP contribution in [0.25, 0.3) is 11.4 Å². The first-order valence-corrected chi connectivity index (χ1v) is 11.1. The van der Waals surface area contributed by atoms with Crippen LogP contribution in [-0.4, -0.2) is 34.0 Å². The van der Waals surface area contributed by atoms with Crippen molar-refractivity contribution in [1.82, 2.24) is 15.0 Å². The molecule has 2 heterocycles. The molecule has 31 heavy (non-hydrogen) atoms. The Morgan fingerprint density at radius 2 is 1.87 bits per heavy atom. The predicted molar refractivity (Wildman–Crippen MR) is 123 cm³/mol. The van der Waals surface area contributed by atoms with E-state index in [9.17, 15) is 4.79 Å². The number of aromatic nitrogens is 2. The number of carbonyl (C=O) groups is 1. The van der Waals surface area contributed by atoms with Gasteiger partial charge in [-0.05, 0) is 51.1 Å². The van der Waals surface area contributed by atoms with E-state index in [4.69, 9.17) is 39.3 Å². The van der Waals surface area contributed by atoms with E-state index in [1.165, 1.54) is 6.07 Å². The summed E-state index contributed by atoms with van der Waals surface area (Å²) in [5.41, 5.74) is 2.55. The fraction of sp³-hybridized carbons (Fsp3) is 0.318. The first kappa shape index (κ1) is 22.1. The van der Waals surface area contributed by atoms with Crippen LogP contribution in [0.4, 0.5) is 5.69 Å². The van der Waals surface area contributed by atoms with Crippen LogP contribution < -0.4 is 5.32 Å². The number of amides is 1. The molecule has 9 heteroatoms. The summed E-state index contributed by atoms with van der Waals surface area (Å²) in [6.45, 7) is 4.11. The van der Waals surface area contributed by atoms with Gasteiger partial charge in [0.15, 0.2) is 0 Å². The smallest absolute Gasteiger partial charge is 0.241 e. The highest BCUT2D eigenvalue weighted by Gasteiger charge is 2.26. The van der Waals surface area contributed by atoms with Gasteiger partial charge in [-0.3, -0.25) is 9.69 Å². The topological polar surface area (TPSA) is 71.3 Å². The summed E-state index contributed by atoms with van der Waals surface area (Å²) in [7, 11) is 0. The van der Waals surface area contributed by atoms with Crippen molar-refractivity contribution in [3.63, 3.8) is 0 Å². The molecule has 1 fully saturated rings. The van der Waals surface area contributed by atoms with Crippen molar-refractivity contribution >= 4 is 46.4 Å². The van der Waals surface area contributed by atoms with Gasteiger partial charge < -0.3 is 9.84 Å². The minimum Gasteiger partial charge on any atom is -0.338 e. The molecule has 0 spiro atoms. The number of nitrogens with zero attached hydrogens (tertiary/aromatic N) is 3. The average Bonchev–Trinajstić information content (AvgIpc) is 3.21. The number of carbonyl (C=O) groups excluding carboxylic acids is 1. The van der Waals surface area contributed by atoms with Crippen molar-refractivity contribution in [2.24, 2.45) is 5.92 Å². The Labute approximate surface area is 195 Å². The van der Waals surface area contributed by atoms with Crippen molar-refractivity contribution in [3.8, 4) is 11.4 Å². The fourth-order valence-electron chi connectivity index (χ4n) is 3.62. The predicted octanol–water partition coefficient (Wildman–Crippen LogP) is 5.86. The van der Waals surface area contributed by atoms with Crippen LogP contribution >= 0.6 is 34.8 Å². The van der Waals surface area contributed by atoms with E-state index in [1.54, 1.807) is 6.07 Å². The monoisotopic (exact) mass is 478 g/mol. The molecular weight excluding hydrogens is 459 g/mol. The van der Waals surface area contributed by atoms with Gasteiger partial charge in [-0.15, -0.1) is 0 Å². The lowest BCUT2D eigenvalue weighted by atomic mass is 9.96. The number of halogens is 3. The summed E-state index contributed by atoms with van der Waals surface area (Å²) in [5, 5.41) is 8.02. The fourth-order valence-corrected chi connectivity index (χ4v) is 4.21. The third kappa shape index (κ3) is 5.39. The van der Waals surface area contributed by atoms with Crippen LogP contribution in [-0.2, 0) is 11.3 Å². The van der Waals surface area contributed by atoms with Crippen LogP contribution in [0.2, 0.25) is 15.1 Å². The number of aryl methyl sites for hydroxylation is 1. The summed E-state index contributed by atoms with van der Waals surface area (Å²) >= 11 is 18.1. The number of piperidine rings is 1. The SMILES string of the molecule is Cc1cccc(-c2noc(CN3CCC(C(=O)Nc4cc(Cl)c(Cl)cc4Cl)CC3)n2)c1. The van der Waals surface area contributed by atoms with Crippen molar-refractivity contribution in [2.45, 2.75) is 26.3 Å². The van der Waals surface area contributed by atoms with E-state index in [0.29, 0.717) is 39.0 Å². The minimum absolute atomic E-state index is 0.0699. The number of likely N-dealkylation sites (tertiary alicyclic amines) is 1. The molecule has 0 unspecified atom stereocenters. The molecule has 0 radical (unpaired) electrons. The van der Waals surface area contributed by atoms with Crippen LogP contribution in [0, 0.1) is 12.8 Å².